The maximum atomic E-state index is 3.72. The van der Waals surface area contributed by atoms with E-state index < -0.39 is 0 Å². The molecule has 84 valence electrons. The fourth-order valence-electron chi connectivity index (χ4n) is 1.44. The first-order chi connectivity index (χ1) is 6.57. The van der Waals surface area contributed by atoms with Gasteiger partial charge in [-0.25, -0.2) is 0 Å². The first-order valence-electron chi connectivity index (χ1n) is 5.57. The largest absolute Gasteiger partial charge is 0.312 e. The second-order valence-electron chi connectivity index (χ2n) is 4.50. The van der Waals surface area contributed by atoms with Crippen molar-refractivity contribution in [2.24, 2.45) is 5.92 Å². The number of allylic oxidation sites excluding steroid dienone is 1. The molecule has 0 saturated carbocycles. The minimum absolute atomic E-state index is 0.606. The topological polar surface area (TPSA) is 15.3 Å². The van der Waals surface area contributed by atoms with Crippen LogP contribution in [-0.4, -0.2) is 38.1 Å². The minimum Gasteiger partial charge on any atom is -0.312 e. The zero-order valence-corrected chi connectivity index (χ0v) is 10.2. The number of nitrogens with zero attached hydrogens (tertiary/aromatic N) is 1. The number of hydrogen-bond acceptors (Lipinski definition) is 2. The molecule has 0 bridgehead atoms. The van der Waals surface area contributed by atoms with Crippen LogP contribution in [0.1, 0.15) is 26.7 Å². The van der Waals surface area contributed by atoms with Gasteiger partial charge >= 0.3 is 0 Å². The molecule has 1 unspecified atom stereocenters. The van der Waals surface area contributed by atoms with Crippen LogP contribution in [-0.2, 0) is 0 Å². The lowest BCUT2D eigenvalue weighted by Crippen LogP contribution is -2.42. The van der Waals surface area contributed by atoms with Gasteiger partial charge in [-0.2, -0.15) is 0 Å². The van der Waals surface area contributed by atoms with Crippen LogP contribution in [0.3, 0.4) is 0 Å². The zero-order chi connectivity index (χ0) is 11.0. The summed E-state index contributed by atoms with van der Waals surface area (Å²) < 4.78 is 0. The van der Waals surface area contributed by atoms with Crippen molar-refractivity contribution in [3.63, 3.8) is 0 Å². The van der Waals surface area contributed by atoms with Crippen LogP contribution < -0.4 is 5.32 Å². The Balaban J connectivity index is 3.68. The second-order valence-corrected chi connectivity index (χ2v) is 4.50. The van der Waals surface area contributed by atoms with Gasteiger partial charge in [-0.3, -0.25) is 0 Å². The number of likely N-dealkylation sites (N-methyl/N-ethyl adjacent to an activating group) is 1. The van der Waals surface area contributed by atoms with Gasteiger partial charge in [-0.15, -0.1) is 6.58 Å². The molecule has 2 heteroatoms. The van der Waals surface area contributed by atoms with Crippen LogP contribution in [0.15, 0.2) is 12.7 Å². The summed E-state index contributed by atoms with van der Waals surface area (Å²) in [5, 5.41) is 3.60. The molecule has 2 nitrogen and oxygen atoms in total. The molecule has 0 aliphatic rings. The fraction of sp³-hybridized carbons (Fsp3) is 0.833. The molecule has 0 fully saturated rings. The molecule has 0 aliphatic heterocycles. The summed E-state index contributed by atoms with van der Waals surface area (Å²) >= 11 is 0. The summed E-state index contributed by atoms with van der Waals surface area (Å²) in [6, 6.07) is 0.606. The van der Waals surface area contributed by atoms with E-state index in [1.54, 1.807) is 0 Å². The van der Waals surface area contributed by atoms with Gasteiger partial charge in [-0.1, -0.05) is 19.9 Å². The van der Waals surface area contributed by atoms with Gasteiger partial charge < -0.3 is 10.2 Å². The Kier molecular flexibility index (Phi) is 7.81. The van der Waals surface area contributed by atoms with Crippen LogP contribution in [0.2, 0.25) is 0 Å². The maximum absolute atomic E-state index is 3.72. The van der Waals surface area contributed by atoms with Gasteiger partial charge in [0, 0.05) is 12.6 Å². The van der Waals surface area contributed by atoms with Crippen molar-refractivity contribution >= 4 is 0 Å². The predicted molar refractivity (Wildman–Crippen MR) is 64.6 cm³/mol. The highest BCUT2D eigenvalue weighted by Gasteiger charge is 2.12. The molecular weight excluding hydrogens is 172 g/mol. The Morgan fingerprint density at radius 3 is 2.43 bits per heavy atom. The molecule has 0 aromatic rings. The predicted octanol–water partition coefficient (Wildman–Crippen LogP) is 2.13. The molecule has 1 atom stereocenters. The van der Waals surface area contributed by atoms with E-state index in [1.165, 1.54) is 6.42 Å². The lowest BCUT2D eigenvalue weighted by molar-refractivity contribution is 0.289. The molecule has 14 heavy (non-hydrogen) atoms. The van der Waals surface area contributed by atoms with Crippen LogP contribution in [0, 0.1) is 5.92 Å². The van der Waals surface area contributed by atoms with E-state index in [9.17, 15) is 0 Å². The van der Waals surface area contributed by atoms with Crippen LogP contribution >= 0.6 is 0 Å². The summed E-state index contributed by atoms with van der Waals surface area (Å²) in [6.07, 6.45) is 4.29. The Hall–Kier alpha value is -0.340. The highest BCUT2D eigenvalue weighted by Crippen LogP contribution is 2.02. The zero-order valence-electron chi connectivity index (χ0n) is 10.2. The number of unbranched alkanes of at least 4 members (excludes halogenated alkanes) is 1. The monoisotopic (exact) mass is 198 g/mol. The van der Waals surface area contributed by atoms with Crippen molar-refractivity contribution < 1.29 is 0 Å². The molecule has 1 N–H and O–H groups in total. The summed E-state index contributed by atoms with van der Waals surface area (Å²) in [7, 11) is 4.25. The molecule has 0 radical (unpaired) electrons. The lowest BCUT2D eigenvalue weighted by Gasteiger charge is -2.25. The third kappa shape index (κ3) is 7.10. The Bertz CT molecular complexity index is 141. The third-order valence-electron chi connectivity index (χ3n) is 2.36. The van der Waals surface area contributed by atoms with Crippen molar-refractivity contribution in [2.45, 2.75) is 32.7 Å². The number of hydrogen-bond donors (Lipinski definition) is 1. The van der Waals surface area contributed by atoms with Crippen LogP contribution in [0.5, 0.6) is 0 Å². The van der Waals surface area contributed by atoms with E-state index in [-0.39, 0.29) is 0 Å². The first-order valence-corrected chi connectivity index (χ1v) is 5.57. The van der Waals surface area contributed by atoms with Crippen molar-refractivity contribution in [3.05, 3.63) is 12.7 Å². The molecule has 0 aromatic carbocycles. The molecule has 0 aromatic heterocycles. The quantitative estimate of drug-likeness (QED) is 0.475. The van der Waals surface area contributed by atoms with Gasteiger partial charge in [0.15, 0.2) is 0 Å². The smallest absolute Gasteiger partial charge is 0.0217 e. The summed E-state index contributed by atoms with van der Waals surface area (Å²) in [6.45, 7) is 10.5. The van der Waals surface area contributed by atoms with Gasteiger partial charge in [0.05, 0.1) is 0 Å². The average Bonchev–Trinajstić information content (AvgIpc) is 2.09. The highest BCUT2D eigenvalue weighted by molar-refractivity contribution is 4.74. The average molecular weight is 198 g/mol. The van der Waals surface area contributed by atoms with Crippen molar-refractivity contribution in [1.82, 2.24) is 10.2 Å². The fourth-order valence-corrected chi connectivity index (χ4v) is 1.44. The molecule has 0 aliphatic carbocycles. The van der Waals surface area contributed by atoms with E-state index >= 15 is 0 Å². The van der Waals surface area contributed by atoms with Gasteiger partial charge in [0.2, 0.25) is 0 Å². The standard InChI is InChI=1S/C12H26N2/c1-6-7-8-9-13-12(11(2)3)10-14(4)5/h6,11-13H,1,7-10H2,2-5H3. The number of rotatable bonds is 8. The van der Waals surface area contributed by atoms with Crippen molar-refractivity contribution in [2.75, 3.05) is 27.2 Å². The van der Waals surface area contributed by atoms with Gasteiger partial charge in [-0.05, 0) is 39.4 Å². The van der Waals surface area contributed by atoms with Crippen LogP contribution in [0.4, 0.5) is 0 Å². The number of nitrogens with one attached hydrogen (secondary N) is 1. The molecule has 0 rings (SSSR count). The van der Waals surface area contributed by atoms with Crippen molar-refractivity contribution in [1.29, 1.82) is 0 Å². The van der Waals surface area contributed by atoms with Gasteiger partial charge in [0.25, 0.3) is 0 Å². The summed E-state index contributed by atoms with van der Waals surface area (Å²) in [4.78, 5) is 2.24. The molecule has 0 amide bonds. The molecule has 0 saturated heterocycles. The summed E-state index contributed by atoms with van der Waals surface area (Å²) in [5.74, 6) is 0.695. The van der Waals surface area contributed by atoms with Crippen LogP contribution in [0.25, 0.3) is 0 Å². The van der Waals surface area contributed by atoms with E-state index in [2.05, 4.69) is 44.7 Å². The molecular formula is C12H26N2. The second kappa shape index (κ2) is 8.01. The third-order valence-corrected chi connectivity index (χ3v) is 2.36. The van der Waals surface area contributed by atoms with E-state index in [4.69, 9.17) is 0 Å². The molecule has 0 heterocycles. The molecule has 0 spiro atoms. The summed E-state index contributed by atoms with van der Waals surface area (Å²) in [5.41, 5.74) is 0. The first kappa shape index (κ1) is 13.7. The minimum atomic E-state index is 0.606. The van der Waals surface area contributed by atoms with Crippen molar-refractivity contribution in [3.8, 4) is 0 Å². The van der Waals surface area contributed by atoms with E-state index in [0.29, 0.717) is 12.0 Å². The van der Waals surface area contributed by atoms with E-state index in [1.807, 2.05) is 6.08 Å². The normalized spacial score (nSPS) is 13.6. The Labute approximate surface area is 89.4 Å². The Morgan fingerprint density at radius 1 is 1.36 bits per heavy atom. The van der Waals surface area contributed by atoms with E-state index in [0.717, 1.165) is 19.5 Å². The highest BCUT2D eigenvalue weighted by atomic mass is 15.1. The lowest BCUT2D eigenvalue weighted by atomic mass is 10.0. The van der Waals surface area contributed by atoms with Gasteiger partial charge in [0.1, 0.15) is 0 Å². The SMILES string of the molecule is C=CCCCNC(CN(C)C)C(C)C. The Morgan fingerprint density at radius 2 is 2.00 bits per heavy atom. The maximum Gasteiger partial charge on any atom is 0.0217 e.